The summed E-state index contributed by atoms with van der Waals surface area (Å²) in [4.78, 5) is 8.30. The van der Waals surface area contributed by atoms with E-state index in [0.717, 1.165) is 29.8 Å². The summed E-state index contributed by atoms with van der Waals surface area (Å²) < 4.78 is 2.06. The maximum absolute atomic E-state index is 5.77. The Morgan fingerprint density at radius 3 is 2.67 bits per heavy atom. The zero-order valence-electron chi connectivity index (χ0n) is 12.0. The second-order valence-corrected chi connectivity index (χ2v) is 5.03. The largest absolute Gasteiger partial charge is 0.384 e. The molecular formula is C17H18N4. The molecule has 0 radical (unpaired) electrons. The molecule has 0 fully saturated rings. The van der Waals surface area contributed by atoms with Crippen LogP contribution in [-0.2, 0) is 6.42 Å². The summed E-state index contributed by atoms with van der Waals surface area (Å²) in [6.45, 7) is 2.19. The van der Waals surface area contributed by atoms with E-state index >= 15 is 0 Å². The fraction of sp³-hybridized carbons (Fsp3) is 0.176. The second-order valence-electron chi connectivity index (χ2n) is 5.03. The lowest BCUT2D eigenvalue weighted by Crippen LogP contribution is -1.97. The van der Waals surface area contributed by atoms with E-state index in [9.17, 15) is 0 Å². The van der Waals surface area contributed by atoms with Crippen LogP contribution < -0.4 is 5.73 Å². The molecule has 3 aromatic rings. The number of pyridine rings is 1. The maximum atomic E-state index is 5.77. The van der Waals surface area contributed by atoms with Gasteiger partial charge in [0, 0.05) is 17.4 Å². The summed E-state index contributed by atoms with van der Waals surface area (Å²) in [5.74, 6) is 0.513. The molecular weight excluding hydrogens is 260 g/mol. The van der Waals surface area contributed by atoms with E-state index in [-0.39, 0.29) is 0 Å². The zero-order chi connectivity index (χ0) is 14.7. The molecule has 0 saturated carbocycles. The summed E-state index contributed by atoms with van der Waals surface area (Å²) in [7, 11) is 0. The van der Waals surface area contributed by atoms with Gasteiger partial charge in [0.1, 0.15) is 5.82 Å². The molecule has 0 spiro atoms. The average molecular weight is 278 g/mol. The lowest BCUT2D eigenvalue weighted by atomic mass is 10.1. The topological polar surface area (TPSA) is 56.7 Å². The third-order valence-corrected chi connectivity index (χ3v) is 3.47. The standard InChI is InChI=1S/C17H18N4/c1-2-3-13-4-6-15(7-5-13)21-12-19-11-16(21)14-8-9-20-17(18)10-14/h4-12H,2-3H2,1H3,(H2,18,20). The number of imidazole rings is 1. The highest BCUT2D eigenvalue weighted by molar-refractivity contribution is 5.64. The van der Waals surface area contributed by atoms with Gasteiger partial charge in [-0.15, -0.1) is 0 Å². The maximum Gasteiger partial charge on any atom is 0.123 e. The second kappa shape index (κ2) is 5.79. The van der Waals surface area contributed by atoms with Gasteiger partial charge < -0.3 is 5.73 Å². The van der Waals surface area contributed by atoms with Crippen molar-refractivity contribution >= 4 is 5.82 Å². The van der Waals surface area contributed by atoms with Gasteiger partial charge in [-0.2, -0.15) is 0 Å². The van der Waals surface area contributed by atoms with Crippen molar-refractivity contribution in [2.75, 3.05) is 5.73 Å². The number of nitrogens with zero attached hydrogens (tertiary/aromatic N) is 3. The molecule has 106 valence electrons. The number of rotatable bonds is 4. The van der Waals surface area contributed by atoms with Gasteiger partial charge in [-0.1, -0.05) is 25.5 Å². The number of nitrogen functional groups attached to an aromatic ring is 1. The minimum Gasteiger partial charge on any atom is -0.384 e. The van der Waals surface area contributed by atoms with Gasteiger partial charge in [0.2, 0.25) is 0 Å². The van der Waals surface area contributed by atoms with Gasteiger partial charge in [0.05, 0.1) is 18.2 Å². The van der Waals surface area contributed by atoms with E-state index in [1.165, 1.54) is 5.56 Å². The predicted molar refractivity (Wildman–Crippen MR) is 85.2 cm³/mol. The Bertz CT molecular complexity index is 729. The molecule has 3 rings (SSSR count). The van der Waals surface area contributed by atoms with Crippen LogP contribution in [-0.4, -0.2) is 14.5 Å². The minimum atomic E-state index is 0.513. The van der Waals surface area contributed by atoms with Gasteiger partial charge in [0.15, 0.2) is 0 Å². The first kappa shape index (κ1) is 13.4. The van der Waals surface area contributed by atoms with Crippen molar-refractivity contribution in [3.63, 3.8) is 0 Å². The molecule has 0 aliphatic rings. The number of hydrogen-bond donors (Lipinski definition) is 1. The first-order valence-electron chi connectivity index (χ1n) is 7.11. The summed E-state index contributed by atoms with van der Waals surface area (Å²) >= 11 is 0. The van der Waals surface area contributed by atoms with Crippen molar-refractivity contribution in [3.8, 4) is 16.9 Å². The Labute approximate surface area is 124 Å². The Morgan fingerprint density at radius 1 is 1.14 bits per heavy atom. The first-order chi connectivity index (χ1) is 10.3. The highest BCUT2D eigenvalue weighted by Crippen LogP contribution is 2.23. The minimum absolute atomic E-state index is 0.513. The van der Waals surface area contributed by atoms with Crippen molar-refractivity contribution in [1.29, 1.82) is 0 Å². The van der Waals surface area contributed by atoms with Crippen LogP contribution in [0, 0.1) is 0 Å². The van der Waals surface area contributed by atoms with E-state index in [0.29, 0.717) is 5.82 Å². The van der Waals surface area contributed by atoms with E-state index in [4.69, 9.17) is 5.73 Å². The van der Waals surface area contributed by atoms with E-state index in [2.05, 4.69) is 45.7 Å². The number of anilines is 1. The van der Waals surface area contributed by atoms with E-state index in [1.54, 1.807) is 6.20 Å². The highest BCUT2D eigenvalue weighted by atomic mass is 15.0. The Balaban J connectivity index is 1.98. The molecule has 4 heteroatoms. The first-order valence-corrected chi connectivity index (χ1v) is 7.11. The SMILES string of the molecule is CCCc1ccc(-n2cncc2-c2ccnc(N)c2)cc1. The third kappa shape index (κ3) is 2.79. The van der Waals surface area contributed by atoms with Gasteiger partial charge in [-0.25, -0.2) is 9.97 Å². The molecule has 0 aliphatic carbocycles. The van der Waals surface area contributed by atoms with Crippen LogP contribution in [0.2, 0.25) is 0 Å². The van der Waals surface area contributed by atoms with Crippen LogP contribution in [0.3, 0.4) is 0 Å². The molecule has 0 atom stereocenters. The zero-order valence-corrected chi connectivity index (χ0v) is 12.0. The monoisotopic (exact) mass is 278 g/mol. The van der Waals surface area contributed by atoms with E-state index in [1.807, 2.05) is 24.7 Å². The molecule has 1 aromatic carbocycles. The summed E-state index contributed by atoms with van der Waals surface area (Å²) in [5.41, 5.74) is 10.2. The number of hydrogen-bond acceptors (Lipinski definition) is 3. The number of nitrogens with two attached hydrogens (primary N) is 1. The summed E-state index contributed by atoms with van der Waals surface area (Å²) in [6, 6.07) is 12.4. The van der Waals surface area contributed by atoms with Gasteiger partial charge in [0.25, 0.3) is 0 Å². The molecule has 2 N–H and O–H groups in total. The lowest BCUT2D eigenvalue weighted by molar-refractivity contribution is 0.920. The number of benzene rings is 1. The summed E-state index contributed by atoms with van der Waals surface area (Å²) in [6.07, 6.45) is 7.64. The quantitative estimate of drug-likeness (QED) is 0.795. The molecule has 0 aliphatic heterocycles. The molecule has 4 nitrogen and oxygen atoms in total. The predicted octanol–water partition coefficient (Wildman–Crippen LogP) is 3.47. The molecule has 21 heavy (non-hydrogen) atoms. The fourth-order valence-electron chi connectivity index (χ4n) is 2.43. The summed E-state index contributed by atoms with van der Waals surface area (Å²) in [5, 5.41) is 0. The number of aromatic nitrogens is 3. The van der Waals surface area contributed by atoms with Crippen molar-refractivity contribution in [2.24, 2.45) is 0 Å². The average Bonchev–Trinajstić information content (AvgIpc) is 2.98. The van der Waals surface area contributed by atoms with Gasteiger partial charge in [-0.05, 0) is 36.2 Å². The van der Waals surface area contributed by atoms with Crippen LogP contribution in [0.1, 0.15) is 18.9 Å². The van der Waals surface area contributed by atoms with Crippen LogP contribution in [0.15, 0.2) is 55.1 Å². The van der Waals surface area contributed by atoms with Crippen molar-refractivity contribution < 1.29 is 0 Å². The van der Waals surface area contributed by atoms with E-state index < -0.39 is 0 Å². The van der Waals surface area contributed by atoms with Crippen molar-refractivity contribution in [3.05, 3.63) is 60.7 Å². The fourth-order valence-corrected chi connectivity index (χ4v) is 2.43. The third-order valence-electron chi connectivity index (χ3n) is 3.47. The highest BCUT2D eigenvalue weighted by Gasteiger charge is 2.07. The van der Waals surface area contributed by atoms with Crippen LogP contribution >= 0.6 is 0 Å². The van der Waals surface area contributed by atoms with Gasteiger partial charge >= 0.3 is 0 Å². The number of aryl methyl sites for hydroxylation is 1. The smallest absolute Gasteiger partial charge is 0.123 e. The lowest BCUT2D eigenvalue weighted by Gasteiger charge is -2.09. The van der Waals surface area contributed by atoms with Crippen molar-refractivity contribution in [2.45, 2.75) is 19.8 Å². The van der Waals surface area contributed by atoms with Crippen molar-refractivity contribution in [1.82, 2.24) is 14.5 Å². The molecule has 0 bridgehead atoms. The van der Waals surface area contributed by atoms with Gasteiger partial charge in [-0.3, -0.25) is 4.57 Å². The normalized spacial score (nSPS) is 10.7. The van der Waals surface area contributed by atoms with Crippen LogP contribution in [0.5, 0.6) is 0 Å². The van der Waals surface area contributed by atoms with Crippen LogP contribution in [0.4, 0.5) is 5.82 Å². The Kier molecular flexibility index (Phi) is 3.69. The van der Waals surface area contributed by atoms with Crippen LogP contribution in [0.25, 0.3) is 16.9 Å². The molecule has 0 unspecified atom stereocenters. The molecule has 2 heterocycles. The Hall–Kier alpha value is -2.62. The Morgan fingerprint density at radius 2 is 1.95 bits per heavy atom. The molecule has 2 aromatic heterocycles. The molecule has 0 amide bonds. The molecule has 0 saturated heterocycles.